The van der Waals surface area contributed by atoms with Crippen molar-refractivity contribution in [3.8, 4) is 0 Å². The average Bonchev–Trinajstić information content (AvgIpc) is 2.34. The van der Waals surface area contributed by atoms with E-state index in [2.05, 4.69) is 0 Å². The maximum atomic E-state index is 11.2. The van der Waals surface area contributed by atoms with Gasteiger partial charge in [0, 0.05) is 12.5 Å². The van der Waals surface area contributed by atoms with Gasteiger partial charge in [-0.3, -0.25) is 4.79 Å². The van der Waals surface area contributed by atoms with Gasteiger partial charge in [-0.15, -0.1) is 0 Å². The molecule has 0 amide bonds. The maximum Gasteiger partial charge on any atom is 0.331 e. The smallest absolute Gasteiger partial charge is 0.331 e. The summed E-state index contributed by atoms with van der Waals surface area (Å²) in [6.45, 7) is 1.96. The van der Waals surface area contributed by atoms with E-state index in [0.29, 0.717) is 6.42 Å². The highest BCUT2D eigenvalue weighted by atomic mass is 16.5. The van der Waals surface area contributed by atoms with Gasteiger partial charge in [-0.2, -0.15) is 0 Å². The summed E-state index contributed by atoms with van der Waals surface area (Å²) >= 11 is 0. The molecule has 0 atom stereocenters. The van der Waals surface area contributed by atoms with Crippen molar-refractivity contribution in [2.75, 3.05) is 0 Å². The summed E-state index contributed by atoms with van der Waals surface area (Å²) in [5.41, 5.74) is 0.922. The fourth-order valence-electron chi connectivity index (χ4n) is 1.06. The molecule has 0 saturated carbocycles. The van der Waals surface area contributed by atoms with Crippen LogP contribution in [0.2, 0.25) is 0 Å². The van der Waals surface area contributed by atoms with Crippen LogP contribution in [0.5, 0.6) is 0 Å². The molecular formula is C13H14O3. The van der Waals surface area contributed by atoms with Crippen molar-refractivity contribution in [3.63, 3.8) is 0 Å². The third-order valence-corrected chi connectivity index (χ3v) is 1.98. The second-order valence-electron chi connectivity index (χ2n) is 3.25. The first-order valence-electron chi connectivity index (χ1n) is 5.14. The van der Waals surface area contributed by atoms with E-state index in [1.54, 1.807) is 6.92 Å². The molecule has 3 heteroatoms. The average molecular weight is 218 g/mol. The van der Waals surface area contributed by atoms with Gasteiger partial charge < -0.3 is 4.74 Å². The molecule has 0 aliphatic heterocycles. The number of allylic oxidation sites excluding steroid dienone is 1. The summed E-state index contributed by atoms with van der Waals surface area (Å²) in [6, 6.07) is 9.38. The summed E-state index contributed by atoms with van der Waals surface area (Å²) in [4.78, 5) is 22.1. The monoisotopic (exact) mass is 218 g/mol. The zero-order chi connectivity index (χ0) is 11.8. The summed E-state index contributed by atoms with van der Waals surface area (Å²) in [6.07, 6.45) is 2.80. The lowest BCUT2D eigenvalue weighted by Crippen LogP contribution is -2.01. The topological polar surface area (TPSA) is 43.4 Å². The molecule has 0 aliphatic rings. The minimum absolute atomic E-state index is 0.0864. The molecule has 0 radical (unpaired) electrons. The molecule has 0 fully saturated rings. The van der Waals surface area contributed by atoms with Gasteiger partial charge in [0.05, 0.1) is 0 Å². The van der Waals surface area contributed by atoms with E-state index in [4.69, 9.17) is 4.74 Å². The lowest BCUT2D eigenvalue weighted by Gasteiger charge is -2.01. The highest BCUT2D eigenvalue weighted by Gasteiger charge is 1.99. The van der Waals surface area contributed by atoms with E-state index < -0.39 is 5.97 Å². The van der Waals surface area contributed by atoms with Gasteiger partial charge in [0.25, 0.3) is 0 Å². The third-order valence-electron chi connectivity index (χ3n) is 1.98. The predicted octanol–water partition coefficient (Wildman–Crippen LogP) is 2.27. The Bertz CT molecular complexity index is 379. The van der Waals surface area contributed by atoms with Crippen LogP contribution in [-0.4, -0.2) is 11.8 Å². The largest absolute Gasteiger partial charge is 0.458 e. The minimum atomic E-state index is -0.495. The van der Waals surface area contributed by atoms with Gasteiger partial charge in [0.15, 0.2) is 5.78 Å². The lowest BCUT2D eigenvalue weighted by atomic mass is 10.2. The van der Waals surface area contributed by atoms with Gasteiger partial charge in [0.1, 0.15) is 6.61 Å². The van der Waals surface area contributed by atoms with Gasteiger partial charge in [0.2, 0.25) is 0 Å². The molecule has 16 heavy (non-hydrogen) atoms. The SMILES string of the molecule is CCC(=O)C=CC(=O)OCc1ccccc1. The molecule has 3 nitrogen and oxygen atoms in total. The van der Waals surface area contributed by atoms with E-state index >= 15 is 0 Å². The first-order valence-corrected chi connectivity index (χ1v) is 5.14. The quantitative estimate of drug-likeness (QED) is 0.562. The van der Waals surface area contributed by atoms with Crippen molar-refractivity contribution in [2.45, 2.75) is 20.0 Å². The van der Waals surface area contributed by atoms with E-state index in [0.717, 1.165) is 11.6 Å². The molecule has 1 aromatic carbocycles. The zero-order valence-corrected chi connectivity index (χ0v) is 9.18. The molecule has 1 rings (SSSR count). The van der Waals surface area contributed by atoms with E-state index in [1.807, 2.05) is 30.3 Å². The van der Waals surface area contributed by atoms with Crippen LogP contribution in [0.25, 0.3) is 0 Å². The van der Waals surface area contributed by atoms with Crippen LogP contribution in [0.15, 0.2) is 42.5 Å². The van der Waals surface area contributed by atoms with Crippen molar-refractivity contribution in [1.82, 2.24) is 0 Å². The second-order valence-corrected chi connectivity index (χ2v) is 3.25. The Kier molecular flexibility index (Phi) is 4.99. The predicted molar refractivity (Wildman–Crippen MR) is 60.7 cm³/mol. The molecule has 0 aliphatic carbocycles. The number of hydrogen-bond acceptors (Lipinski definition) is 3. The Labute approximate surface area is 94.7 Å². The molecule has 1 aromatic rings. The summed E-state index contributed by atoms with van der Waals surface area (Å²) < 4.78 is 4.95. The van der Waals surface area contributed by atoms with E-state index in [1.165, 1.54) is 6.08 Å². The number of carbonyl (C=O) groups is 2. The molecule has 0 bridgehead atoms. The van der Waals surface area contributed by atoms with Gasteiger partial charge in [-0.25, -0.2) is 4.79 Å². The van der Waals surface area contributed by atoms with Crippen LogP contribution >= 0.6 is 0 Å². The first-order chi connectivity index (χ1) is 7.72. The third kappa shape index (κ3) is 4.55. The van der Waals surface area contributed by atoms with Gasteiger partial charge in [-0.05, 0) is 11.6 Å². The Morgan fingerprint density at radius 2 is 1.88 bits per heavy atom. The Balaban J connectivity index is 2.36. The van der Waals surface area contributed by atoms with Crippen LogP contribution in [0.1, 0.15) is 18.9 Å². The van der Waals surface area contributed by atoms with Crippen LogP contribution in [0.3, 0.4) is 0 Å². The summed E-state index contributed by atoms with van der Waals surface area (Å²) in [5.74, 6) is -0.581. The Morgan fingerprint density at radius 3 is 2.50 bits per heavy atom. The van der Waals surface area contributed by atoms with Crippen molar-refractivity contribution in [1.29, 1.82) is 0 Å². The molecule has 0 heterocycles. The molecule has 0 saturated heterocycles. The number of rotatable bonds is 5. The van der Waals surface area contributed by atoms with E-state index in [9.17, 15) is 9.59 Å². The van der Waals surface area contributed by atoms with Crippen molar-refractivity contribution in [3.05, 3.63) is 48.0 Å². The van der Waals surface area contributed by atoms with Crippen LogP contribution in [0, 0.1) is 0 Å². The molecule has 0 aromatic heterocycles. The lowest BCUT2D eigenvalue weighted by molar-refractivity contribution is -0.139. The van der Waals surface area contributed by atoms with Crippen LogP contribution in [-0.2, 0) is 20.9 Å². The Morgan fingerprint density at radius 1 is 1.19 bits per heavy atom. The zero-order valence-electron chi connectivity index (χ0n) is 9.18. The summed E-state index contributed by atoms with van der Waals surface area (Å²) in [5, 5.41) is 0. The maximum absolute atomic E-state index is 11.2. The number of benzene rings is 1. The van der Waals surface area contributed by atoms with Crippen molar-refractivity contribution >= 4 is 11.8 Å². The molecule has 0 spiro atoms. The number of ether oxygens (including phenoxy) is 1. The fourth-order valence-corrected chi connectivity index (χ4v) is 1.06. The standard InChI is InChI=1S/C13H14O3/c1-2-12(14)8-9-13(15)16-10-11-6-4-3-5-7-11/h3-9H,2,10H2,1H3. The summed E-state index contributed by atoms with van der Waals surface area (Å²) in [7, 11) is 0. The normalized spacial score (nSPS) is 10.3. The van der Waals surface area contributed by atoms with Crippen molar-refractivity contribution in [2.24, 2.45) is 0 Å². The van der Waals surface area contributed by atoms with E-state index in [-0.39, 0.29) is 12.4 Å². The number of carbonyl (C=O) groups excluding carboxylic acids is 2. The number of hydrogen-bond donors (Lipinski definition) is 0. The molecular weight excluding hydrogens is 204 g/mol. The second kappa shape index (κ2) is 6.56. The first kappa shape index (κ1) is 12.2. The van der Waals surface area contributed by atoms with Gasteiger partial charge in [-0.1, -0.05) is 37.3 Å². The van der Waals surface area contributed by atoms with Crippen LogP contribution < -0.4 is 0 Å². The minimum Gasteiger partial charge on any atom is -0.458 e. The van der Waals surface area contributed by atoms with Gasteiger partial charge >= 0.3 is 5.97 Å². The highest BCUT2D eigenvalue weighted by molar-refractivity contribution is 5.95. The van der Waals surface area contributed by atoms with Crippen LogP contribution in [0.4, 0.5) is 0 Å². The fraction of sp³-hybridized carbons (Fsp3) is 0.231. The molecule has 0 N–H and O–H groups in total. The highest BCUT2D eigenvalue weighted by Crippen LogP contribution is 2.00. The van der Waals surface area contributed by atoms with Crippen molar-refractivity contribution < 1.29 is 14.3 Å². The Hall–Kier alpha value is -1.90. The molecule has 84 valence electrons. The molecule has 0 unspecified atom stereocenters. The number of ketones is 1. The number of esters is 1.